The molecule has 0 saturated carbocycles. The number of carbonyl (C=O) groups is 3. The Morgan fingerprint density at radius 3 is 2.33 bits per heavy atom. The van der Waals surface area contributed by atoms with Gasteiger partial charge in [0.1, 0.15) is 16.8 Å². The predicted octanol–water partition coefficient (Wildman–Crippen LogP) is 5.98. The first-order valence-corrected chi connectivity index (χ1v) is 15.2. The number of benzene rings is 1. The Morgan fingerprint density at radius 1 is 1.07 bits per heavy atom. The van der Waals surface area contributed by atoms with Gasteiger partial charge >= 0.3 is 5.97 Å². The second kappa shape index (κ2) is 16.5. The van der Waals surface area contributed by atoms with Crippen LogP contribution in [0.25, 0.3) is 0 Å². The van der Waals surface area contributed by atoms with Crippen LogP contribution in [0.2, 0.25) is 0 Å². The van der Waals surface area contributed by atoms with Gasteiger partial charge in [-0.15, -0.1) is 11.3 Å². The van der Waals surface area contributed by atoms with Crippen LogP contribution in [0, 0.1) is 17.8 Å². The molecule has 5 atom stereocenters. The van der Waals surface area contributed by atoms with Gasteiger partial charge in [0.05, 0.1) is 5.92 Å². The van der Waals surface area contributed by atoms with Crippen molar-refractivity contribution in [2.24, 2.45) is 17.8 Å². The largest absolute Gasteiger partial charge is 0.481 e. The van der Waals surface area contributed by atoms with Gasteiger partial charge in [0.25, 0.3) is 5.91 Å². The Balaban J connectivity index is 2.19. The fraction of sp³-hybridized carbons (Fsp3) is 0.613. The number of hydrogen-bond donors (Lipinski definition) is 2. The van der Waals surface area contributed by atoms with Gasteiger partial charge in [-0.3, -0.25) is 14.4 Å². The lowest BCUT2D eigenvalue weighted by Gasteiger charge is -2.34. The maximum atomic E-state index is 13.2. The molecule has 0 aliphatic carbocycles. The number of carboxylic acids is 1. The molecular weight excluding hydrogens is 526 g/mol. The maximum absolute atomic E-state index is 13.2. The number of rotatable bonds is 17. The number of nitrogens with one attached hydrogen (secondary N) is 1. The molecule has 2 rings (SSSR count). The lowest BCUT2D eigenvalue weighted by molar-refractivity contribution is -0.141. The van der Waals surface area contributed by atoms with Crippen LogP contribution in [0.1, 0.15) is 94.4 Å². The van der Waals surface area contributed by atoms with Crippen LogP contribution in [0.5, 0.6) is 0 Å². The molecule has 2 amide bonds. The molecule has 1 aromatic carbocycles. The second-order valence-electron chi connectivity index (χ2n) is 11.1. The van der Waals surface area contributed by atoms with E-state index >= 15 is 0 Å². The molecule has 0 spiro atoms. The minimum absolute atomic E-state index is 0.0398. The van der Waals surface area contributed by atoms with E-state index in [1.54, 1.807) is 12.3 Å². The van der Waals surface area contributed by atoms with Crippen LogP contribution in [-0.2, 0) is 20.7 Å². The molecule has 1 heterocycles. The lowest BCUT2D eigenvalue weighted by Crippen LogP contribution is -2.42. The first-order chi connectivity index (χ1) is 19.0. The fourth-order valence-corrected chi connectivity index (χ4v) is 5.59. The molecule has 0 aliphatic rings. The number of aromatic nitrogens is 1. The molecule has 0 saturated heterocycles. The van der Waals surface area contributed by atoms with Crippen LogP contribution in [0.3, 0.4) is 0 Å². The molecule has 0 aliphatic heterocycles. The Hall–Kier alpha value is -2.78. The molecule has 40 heavy (non-hydrogen) atoms. The van der Waals surface area contributed by atoms with Crippen molar-refractivity contribution in [2.45, 2.75) is 91.8 Å². The zero-order valence-corrected chi connectivity index (χ0v) is 25.9. The summed E-state index contributed by atoms with van der Waals surface area (Å²) in [5, 5.41) is 14.9. The highest BCUT2D eigenvalue weighted by Gasteiger charge is 2.30. The van der Waals surface area contributed by atoms with Crippen LogP contribution >= 0.6 is 11.3 Å². The standard InChI is InChI=1S/C31H47N3O5S/c1-8-21(5)15-28(35)34(7)26(20(3)4)18-27(39-9-2)30-33-25(19-40-30)29(36)32-24(16-22(6)31(37)38)17-23-13-11-10-12-14-23/h10-14,19-22,24,26-27H,8-9,15-18H2,1-7H3,(H,32,36)(H,37,38)/t21-,22?,24?,26?,27?/m0/s1. The number of carboxylic acid groups (broad SMARTS) is 1. The van der Waals surface area contributed by atoms with Gasteiger partial charge in [0.15, 0.2) is 0 Å². The van der Waals surface area contributed by atoms with E-state index in [0.717, 1.165) is 12.0 Å². The topological polar surface area (TPSA) is 109 Å². The summed E-state index contributed by atoms with van der Waals surface area (Å²) in [5.74, 6) is -1.16. The van der Waals surface area contributed by atoms with E-state index in [2.05, 4.69) is 38.0 Å². The Bertz CT molecular complexity index is 1070. The average molecular weight is 574 g/mol. The second-order valence-corrected chi connectivity index (χ2v) is 12.0. The molecule has 2 N–H and O–H groups in total. The van der Waals surface area contributed by atoms with Gasteiger partial charge in [-0.1, -0.05) is 71.4 Å². The molecule has 0 radical (unpaired) electrons. The molecule has 222 valence electrons. The minimum Gasteiger partial charge on any atom is -0.481 e. The van der Waals surface area contributed by atoms with E-state index in [9.17, 15) is 19.5 Å². The van der Waals surface area contributed by atoms with Crippen LogP contribution < -0.4 is 5.32 Å². The van der Waals surface area contributed by atoms with Crippen LogP contribution in [-0.4, -0.2) is 58.5 Å². The number of amides is 2. The van der Waals surface area contributed by atoms with E-state index in [0.29, 0.717) is 43.2 Å². The third-order valence-electron chi connectivity index (χ3n) is 7.45. The highest BCUT2D eigenvalue weighted by molar-refractivity contribution is 7.09. The number of ether oxygens (including phenoxy) is 1. The first-order valence-electron chi connectivity index (χ1n) is 14.4. The maximum Gasteiger partial charge on any atom is 0.306 e. The van der Waals surface area contributed by atoms with Gasteiger partial charge in [-0.25, -0.2) is 4.98 Å². The quantitative estimate of drug-likeness (QED) is 0.241. The molecular formula is C31H47N3O5S. The summed E-state index contributed by atoms with van der Waals surface area (Å²) in [6.07, 6.45) is 2.53. The van der Waals surface area contributed by atoms with Gasteiger partial charge < -0.3 is 20.1 Å². The van der Waals surface area contributed by atoms with E-state index in [1.807, 2.05) is 49.2 Å². The van der Waals surface area contributed by atoms with E-state index in [1.165, 1.54) is 11.3 Å². The Labute approximate surface area is 243 Å². The molecule has 4 unspecified atom stereocenters. The minimum atomic E-state index is -0.893. The number of aliphatic carboxylic acids is 1. The summed E-state index contributed by atoms with van der Waals surface area (Å²) in [6.45, 7) is 12.4. The molecule has 8 nitrogen and oxygen atoms in total. The lowest BCUT2D eigenvalue weighted by atomic mass is 9.95. The van der Waals surface area contributed by atoms with Crippen molar-refractivity contribution in [3.8, 4) is 0 Å². The van der Waals surface area contributed by atoms with Crippen molar-refractivity contribution in [1.82, 2.24) is 15.2 Å². The summed E-state index contributed by atoms with van der Waals surface area (Å²) >= 11 is 1.37. The van der Waals surface area contributed by atoms with Crippen LogP contribution in [0.15, 0.2) is 35.7 Å². The van der Waals surface area contributed by atoms with Crippen molar-refractivity contribution in [2.75, 3.05) is 13.7 Å². The summed E-state index contributed by atoms with van der Waals surface area (Å²) < 4.78 is 6.09. The number of nitrogens with zero attached hydrogens (tertiary/aromatic N) is 2. The van der Waals surface area contributed by atoms with Crippen molar-refractivity contribution in [3.05, 3.63) is 52.0 Å². The van der Waals surface area contributed by atoms with Gasteiger partial charge in [0, 0.05) is 44.0 Å². The molecule has 0 bridgehead atoms. The molecule has 0 fully saturated rings. The van der Waals surface area contributed by atoms with Crippen LogP contribution in [0.4, 0.5) is 0 Å². The average Bonchev–Trinajstić information content (AvgIpc) is 3.41. The van der Waals surface area contributed by atoms with Gasteiger partial charge in [0.2, 0.25) is 5.91 Å². The normalized spacial score (nSPS) is 15.2. The van der Waals surface area contributed by atoms with Crippen molar-refractivity contribution >= 4 is 29.1 Å². The molecule has 9 heteroatoms. The smallest absolute Gasteiger partial charge is 0.306 e. The Kier molecular flexibility index (Phi) is 13.8. The monoisotopic (exact) mass is 573 g/mol. The zero-order valence-electron chi connectivity index (χ0n) is 25.1. The number of carbonyl (C=O) groups excluding carboxylic acids is 2. The highest BCUT2D eigenvalue weighted by atomic mass is 32.1. The first kappa shape index (κ1) is 33.4. The highest BCUT2D eigenvalue weighted by Crippen LogP contribution is 2.30. The third kappa shape index (κ3) is 10.3. The summed E-state index contributed by atoms with van der Waals surface area (Å²) in [6, 6.07) is 9.31. The number of thiazole rings is 1. The van der Waals surface area contributed by atoms with E-state index in [4.69, 9.17) is 4.74 Å². The molecule has 1 aromatic heterocycles. The zero-order chi connectivity index (χ0) is 29.8. The van der Waals surface area contributed by atoms with Crippen molar-refractivity contribution in [3.63, 3.8) is 0 Å². The molecule has 2 aromatic rings. The van der Waals surface area contributed by atoms with Crippen molar-refractivity contribution in [1.29, 1.82) is 0 Å². The summed E-state index contributed by atoms with van der Waals surface area (Å²) in [5.41, 5.74) is 1.31. The van der Waals surface area contributed by atoms with Gasteiger partial charge in [-0.2, -0.15) is 0 Å². The third-order valence-corrected chi connectivity index (χ3v) is 8.39. The summed E-state index contributed by atoms with van der Waals surface area (Å²) in [7, 11) is 1.87. The Morgan fingerprint density at radius 2 is 1.75 bits per heavy atom. The summed E-state index contributed by atoms with van der Waals surface area (Å²) in [4.78, 5) is 44.2. The van der Waals surface area contributed by atoms with E-state index in [-0.39, 0.29) is 41.6 Å². The number of hydrogen-bond acceptors (Lipinski definition) is 6. The van der Waals surface area contributed by atoms with Crippen molar-refractivity contribution < 1.29 is 24.2 Å². The SMILES string of the molecule is CCOC(CC(C(C)C)N(C)C(=O)C[C@@H](C)CC)c1nc(C(=O)NC(Cc2ccccc2)CC(C)C(=O)O)cs1. The fourth-order valence-electron chi connectivity index (χ4n) is 4.73. The predicted molar refractivity (Wildman–Crippen MR) is 159 cm³/mol. The van der Waals surface area contributed by atoms with E-state index < -0.39 is 11.9 Å². The van der Waals surface area contributed by atoms with Gasteiger partial charge in [-0.05, 0) is 37.2 Å².